The number of anilines is 1. The Bertz CT molecular complexity index is 663. The molecule has 1 aliphatic heterocycles. The molecule has 0 aromatic heterocycles. The Morgan fingerprint density at radius 1 is 1.09 bits per heavy atom. The van der Waals surface area contributed by atoms with Crippen molar-refractivity contribution in [3.8, 4) is 0 Å². The van der Waals surface area contributed by atoms with Gasteiger partial charge in [-0.05, 0) is 44.4 Å². The van der Waals surface area contributed by atoms with E-state index in [2.05, 4.69) is 36.5 Å². The average Bonchev–Trinajstić information content (AvgIpc) is 2.99. The van der Waals surface area contributed by atoms with Crippen molar-refractivity contribution in [1.82, 2.24) is 4.90 Å². The van der Waals surface area contributed by atoms with Gasteiger partial charge in [-0.2, -0.15) is 0 Å². The van der Waals surface area contributed by atoms with Crippen LogP contribution in [-0.4, -0.2) is 17.5 Å². The summed E-state index contributed by atoms with van der Waals surface area (Å²) >= 11 is 0. The molecule has 1 saturated heterocycles. The Hall–Kier alpha value is -2.29. The topological polar surface area (TPSA) is 32.3 Å². The van der Waals surface area contributed by atoms with Crippen molar-refractivity contribution in [3.05, 3.63) is 65.2 Å². The molecule has 0 spiro atoms. The van der Waals surface area contributed by atoms with Crippen LogP contribution in [-0.2, 0) is 0 Å². The third-order valence-electron chi connectivity index (χ3n) is 4.24. The Kier molecular flexibility index (Phi) is 4.14. The van der Waals surface area contributed by atoms with Crippen LogP contribution in [0.25, 0.3) is 0 Å². The average molecular weight is 294 g/mol. The van der Waals surface area contributed by atoms with Crippen LogP contribution in [0, 0.1) is 13.8 Å². The lowest BCUT2D eigenvalue weighted by atomic mass is 10.0. The van der Waals surface area contributed by atoms with Crippen LogP contribution in [0.4, 0.5) is 10.5 Å². The number of nitrogens with one attached hydrogen (secondary N) is 1. The van der Waals surface area contributed by atoms with Crippen LogP contribution < -0.4 is 5.32 Å². The van der Waals surface area contributed by atoms with Crippen LogP contribution >= 0.6 is 0 Å². The van der Waals surface area contributed by atoms with E-state index in [-0.39, 0.29) is 12.1 Å². The van der Waals surface area contributed by atoms with E-state index in [1.54, 1.807) is 0 Å². The Labute approximate surface area is 132 Å². The van der Waals surface area contributed by atoms with Gasteiger partial charge in [0.25, 0.3) is 0 Å². The van der Waals surface area contributed by atoms with Crippen LogP contribution in [0.5, 0.6) is 0 Å². The molecular weight excluding hydrogens is 272 g/mol. The molecule has 1 aliphatic rings. The minimum Gasteiger partial charge on any atom is -0.317 e. The number of nitrogens with zero attached hydrogens (tertiary/aromatic N) is 1. The summed E-state index contributed by atoms with van der Waals surface area (Å²) in [6, 6.07) is 16.6. The second-order valence-electron chi connectivity index (χ2n) is 6.06. The lowest BCUT2D eigenvalue weighted by Crippen LogP contribution is -2.34. The quantitative estimate of drug-likeness (QED) is 0.857. The molecule has 3 heteroatoms. The second-order valence-corrected chi connectivity index (χ2v) is 6.06. The summed E-state index contributed by atoms with van der Waals surface area (Å²) in [7, 11) is 0. The molecule has 2 aromatic carbocycles. The van der Waals surface area contributed by atoms with Gasteiger partial charge in [-0.3, -0.25) is 0 Å². The van der Waals surface area contributed by atoms with Crippen molar-refractivity contribution in [3.63, 3.8) is 0 Å². The first-order valence-electron chi connectivity index (χ1n) is 7.84. The van der Waals surface area contributed by atoms with Crippen molar-refractivity contribution >= 4 is 11.7 Å². The van der Waals surface area contributed by atoms with Gasteiger partial charge in [-0.1, -0.05) is 47.5 Å². The van der Waals surface area contributed by atoms with E-state index in [9.17, 15) is 4.79 Å². The molecule has 0 saturated carbocycles. The van der Waals surface area contributed by atoms with E-state index in [1.807, 2.05) is 36.1 Å². The summed E-state index contributed by atoms with van der Waals surface area (Å²) in [5.74, 6) is 0. The first kappa shape index (κ1) is 14.6. The highest BCUT2D eigenvalue weighted by Crippen LogP contribution is 2.32. The summed E-state index contributed by atoms with van der Waals surface area (Å²) in [6.45, 7) is 4.95. The van der Waals surface area contributed by atoms with Crippen molar-refractivity contribution in [2.24, 2.45) is 0 Å². The summed E-state index contributed by atoms with van der Waals surface area (Å²) in [5.41, 5.74) is 4.52. The molecular formula is C19H22N2O. The predicted molar refractivity (Wildman–Crippen MR) is 90.1 cm³/mol. The molecule has 1 N–H and O–H groups in total. The predicted octanol–water partition coefficient (Wildman–Crippen LogP) is 4.67. The molecule has 3 rings (SSSR count). The number of aryl methyl sites for hydroxylation is 2. The SMILES string of the molecule is Cc1ccc(NC(=O)N2CCC[C@@H]2c2cccc(C)c2)cc1. The number of urea groups is 1. The van der Waals surface area contributed by atoms with E-state index in [0.717, 1.165) is 25.1 Å². The van der Waals surface area contributed by atoms with Gasteiger partial charge in [0.2, 0.25) is 0 Å². The van der Waals surface area contributed by atoms with Crippen LogP contribution in [0.15, 0.2) is 48.5 Å². The number of carbonyl (C=O) groups is 1. The third kappa shape index (κ3) is 3.14. The fourth-order valence-electron chi connectivity index (χ4n) is 3.07. The van der Waals surface area contributed by atoms with E-state index in [4.69, 9.17) is 0 Å². The Morgan fingerprint density at radius 2 is 1.86 bits per heavy atom. The van der Waals surface area contributed by atoms with Crippen LogP contribution in [0.3, 0.4) is 0 Å². The monoisotopic (exact) mass is 294 g/mol. The number of amides is 2. The molecule has 22 heavy (non-hydrogen) atoms. The van der Waals surface area contributed by atoms with E-state index in [0.29, 0.717) is 0 Å². The number of hydrogen-bond acceptors (Lipinski definition) is 1. The zero-order valence-corrected chi connectivity index (χ0v) is 13.2. The smallest absolute Gasteiger partial charge is 0.317 e. The van der Waals surface area contributed by atoms with Gasteiger partial charge >= 0.3 is 6.03 Å². The molecule has 2 aromatic rings. The molecule has 0 aliphatic carbocycles. The summed E-state index contributed by atoms with van der Waals surface area (Å²) in [5, 5.41) is 3.01. The van der Waals surface area contributed by atoms with E-state index < -0.39 is 0 Å². The molecule has 2 amide bonds. The summed E-state index contributed by atoms with van der Waals surface area (Å²) in [6.07, 6.45) is 2.09. The number of rotatable bonds is 2. The summed E-state index contributed by atoms with van der Waals surface area (Å²) < 4.78 is 0. The Balaban J connectivity index is 1.75. The molecule has 114 valence electrons. The summed E-state index contributed by atoms with van der Waals surface area (Å²) in [4.78, 5) is 14.5. The lowest BCUT2D eigenvalue weighted by Gasteiger charge is -2.25. The molecule has 1 heterocycles. The number of carbonyl (C=O) groups excluding carboxylic acids is 1. The third-order valence-corrected chi connectivity index (χ3v) is 4.24. The maximum absolute atomic E-state index is 12.6. The first-order valence-corrected chi connectivity index (χ1v) is 7.84. The molecule has 1 fully saturated rings. The van der Waals surface area contributed by atoms with E-state index >= 15 is 0 Å². The number of hydrogen-bond donors (Lipinski definition) is 1. The minimum absolute atomic E-state index is 0.00661. The maximum atomic E-state index is 12.6. The second kappa shape index (κ2) is 6.22. The largest absolute Gasteiger partial charge is 0.322 e. The highest BCUT2D eigenvalue weighted by atomic mass is 16.2. The normalized spacial score (nSPS) is 17.5. The molecule has 1 atom stereocenters. The van der Waals surface area contributed by atoms with Gasteiger partial charge in [0.05, 0.1) is 6.04 Å². The van der Waals surface area contributed by atoms with Crippen molar-refractivity contribution < 1.29 is 4.79 Å². The number of benzene rings is 2. The van der Waals surface area contributed by atoms with Crippen LogP contribution in [0.2, 0.25) is 0 Å². The molecule has 3 nitrogen and oxygen atoms in total. The highest BCUT2D eigenvalue weighted by Gasteiger charge is 2.29. The van der Waals surface area contributed by atoms with Crippen molar-refractivity contribution in [2.45, 2.75) is 32.7 Å². The number of likely N-dealkylation sites (tertiary alicyclic amines) is 1. The minimum atomic E-state index is -0.00661. The van der Waals surface area contributed by atoms with Crippen LogP contribution in [0.1, 0.15) is 35.6 Å². The first-order chi connectivity index (χ1) is 10.6. The Morgan fingerprint density at radius 3 is 2.59 bits per heavy atom. The van der Waals surface area contributed by atoms with Gasteiger partial charge in [0, 0.05) is 12.2 Å². The fourth-order valence-corrected chi connectivity index (χ4v) is 3.07. The van der Waals surface area contributed by atoms with Gasteiger partial charge in [0.15, 0.2) is 0 Å². The van der Waals surface area contributed by atoms with Gasteiger partial charge in [-0.15, -0.1) is 0 Å². The van der Waals surface area contributed by atoms with E-state index in [1.165, 1.54) is 16.7 Å². The lowest BCUT2D eigenvalue weighted by molar-refractivity contribution is 0.207. The maximum Gasteiger partial charge on any atom is 0.322 e. The zero-order chi connectivity index (χ0) is 15.5. The molecule has 0 radical (unpaired) electrons. The van der Waals surface area contributed by atoms with Crippen molar-refractivity contribution in [2.75, 3.05) is 11.9 Å². The van der Waals surface area contributed by atoms with Gasteiger partial charge in [-0.25, -0.2) is 4.79 Å². The zero-order valence-electron chi connectivity index (χ0n) is 13.2. The standard InChI is InChI=1S/C19H22N2O/c1-14-8-10-17(11-9-14)20-19(22)21-12-4-7-18(21)16-6-3-5-15(2)13-16/h3,5-6,8-11,13,18H,4,7,12H2,1-2H3,(H,20,22)/t18-/m1/s1. The van der Waals surface area contributed by atoms with Gasteiger partial charge in [0.1, 0.15) is 0 Å². The van der Waals surface area contributed by atoms with Gasteiger partial charge < -0.3 is 10.2 Å². The molecule has 0 unspecified atom stereocenters. The molecule has 0 bridgehead atoms. The fraction of sp³-hybridized carbons (Fsp3) is 0.316. The highest BCUT2D eigenvalue weighted by molar-refractivity contribution is 5.89. The van der Waals surface area contributed by atoms with Crippen molar-refractivity contribution in [1.29, 1.82) is 0 Å².